The third-order valence-corrected chi connectivity index (χ3v) is 5.55. The van der Waals surface area contributed by atoms with Gasteiger partial charge in [-0.05, 0) is 16.9 Å². The summed E-state index contributed by atoms with van der Waals surface area (Å²) in [7, 11) is -0.847. The summed E-state index contributed by atoms with van der Waals surface area (Å²) < 4.78 is 1.31. The van der Waals surface area contributed by atoms with Crippen LogP contribution in [-0.2, 0) is 0 Å². The van der Waals surface area contributed by atoms with Crippen LogP contribution >= 0.6 is 22.6 Å². The van der Waals surface area contributed by atoms with E-state index in [0.29, 0.717) is 0 Å². The lowest BCUT2D eigenvalue weighted by Crippen LogP contribution is -2.23. The van der Waals surface area contributed by atoms with E-state index in [1.807, 2.05) is 0 Å². The van der Waals surface area contributed by atoms with Gasteiger partial charge in [0.05, 0.1) is 8.07 Å². The fraction of sp³-hybridized carbons (Fsp3) is 0.750. The largest absolute Gasteiger partial charge is 0.103 e. The Bertz CT molecular complexity index is 99.4. The van der Waals surface area contributed by atoms with Crippen molar-refractivity contribution in [2.75, 3.05) is 4.43 Å². The molecule has 0 bridgehead atoms. The molecule has 0 spiro atoms. The van der Waals surface area contributed by atoms with Gasteiger partial charge in [-0.25, -0.2) is 0 Å². The second kappa shape index (κ2) is 5.35. The van der Waals surface area contributed by atoms with Gasteiger partial charge < -0.3 is 0 Å². The van der Waals surface area contributed by atoms with E-state index in [1.54, 1.807) is 0 Å². The molecule has 0 rings (SSSR count). The maximum absolute atomic E-state index is 3.79. The highest BCUT2D eigenvalue weighted by atomic mass is 127. The van der Waals surface area contributed by atoms with Crippen molar-refractivity contribution >= 4 is 30.7 Å². The van der Waals surface area contributed by atoms with E-state index in [4.69, 9.17) is 0 Å². The molecule has 0 aliphatic heterocycles. The van der Waals surface area contributed by atoms with Gasteiger partial charge in [0.1, 0.15) is 0 Å². The third-order valence-electron chi connectivity index (χ3n) is 1.68. The lowest BCUT2D eigenvalue weighted by molar-refractivity contribution is 1.07. The summed E-state index contributed by atoms with van der Waals surface area (Å²) in [6, 6.07) is 2.74. The molecule has 0 aromatic carbocycles. The molecule has 0 aromatic heterocycles. The summed E-state index contributed by atoms with van der Waals surface area (Å²) in [4.78, 5) is 0. The fourth-order valence-electron chi connectivity index (χ4n) is 1.04. The molecule has 0 radical (unpaired) electrons. The van der Waals surface area contributed by atoms with Crippen LogP contribution in [0.3, 0.4) is 0 Å². The molecule has 0 heterocycles. The molecule has 0 unspecified atom stereocenters. The lowest BCUT2D eigenvalue weighted by atomic mass is 10.6. The molecule has 2 heteroatoms. The summed E-state index contributed by atoms with van der Waals surface area (Å²) in [6.07, 6.45) is 3.48. The molecule has 0 aliphatic rings. The van der Waals surface area contributed by atoms with Gasteiger partial charge in [-0.1, -0.05) is 47.8 Å². The summed E-state index contributed by atoms with van der Waals surface area (Å²) in [6.45, 7) is 8.68. The Morgan fingerprint density at radius 3 is 2.50 bits per heavy atom. The van der Waals surface area contributed by atoms with Crippen molar-refractivity contribution < 1.29 is 0 Å². The normalized spacial score (nSPS) is 11.5. The highest BCUT2D eigenvalue weighted by molar-refractivity contribution is 14.1. The topological polar surface area (TPSA) is 0 Å². The van der Waals surface area contributed by atoms with Crippen LogP contribution in [0.15, 0.2) is 12.7 Å². The van der Waals surface area contributed by atoms with Gasteiger partial charge in [-0.3, -0.25) is 0 Å². The van der Waals surface area contributed by atoms with E-state index < -0.39 is 8.07 Å². The van der Waals surface area contributed by atoms with Crippen molar-refractivity contribution in [2.45, 2.75) is 31.6 Å². The summed E-state index contributed by atoms with van der Waals surface area (Å²) >= 11 is 2.45. The molecule has 0 aromatic rings. The number of hydrogen-bond donors (Lipinski definition) is 0. The molecule has 0 nitrogen and oxygen atoms in total. The Labute approximate surface area is 79.2 Å². The first-order valence-electron chi connectivity index (χ1n) is 3.79. The van der Waals surface area contributed by atoms with E-state index in [-0.39, 0.29) is 0 Å². The minimum Gasteiger partial charge on any atom is -0.103 e. The Balaban J connectivity index is 3.51. The van der Waals surface area contributed by atoms with Crippen molar-refractivity contribution in [3.05, 3.63) is 12.7 Å². The SMILES string of the molecule is C=CC[Si](C)(C)CCCI. The van der Waals surface area contributed by atoms with Gasteiger partial charge >= 0.3 is 0 Å². The smallest absolute Gasteiger partial charge is 0.0511 e. The van der Waals surface area contributed by atoms with E-state index in [1.165, 1.54) is 22.9 Å². The highest BCUT2D eigenvalue weighted by Gasteiger charge is 2.16. The maximum atomic E-state index is 3.79. The van der Waals surface area contributed by atoms with Crippen molar-refractivity contribution in [1.82, 2.24) is 0 Å². The van der Waals surface area contributed by atoms with E-state index in [2.05, 4.69) is 48.3 Å². The first-order chi connectivity index (χ1) is 4.62. The predicted octanol–water partition coefficient (Wildman–Crippen LogP) is 3.71. The molecule has 0 saturated carbocycles. The molecule has 0 N–H and O–H groups in total. The lowest BCUT2D eigenvalue weighted by Gasteiger charge is -2.19. The van der Waals surface area contributed by atoms with Crippen LogP contribution in [0.4, 0.5) is 0 Å². The monoisotopic (exact) mass is 268 g/mol. The summed E-state index contributed by atoms with van der Waals surface area (Å²) in [5.41, 5.74) is 0. The second-order valence-corrected chi connectivity index (χ2v) is 9.76. The van der Waals surface area contributed by atoms with Gasteiger partial charge in [0.2, 0.25) is 0 Å². The number of hydrogen-bond acceptors (Lipinski definition) is 0. The molecule has 0 amide bonds. The Morgan fingerprint density at radius 2 is 2.10 bits per heavy atom. The number of halogens is 1. The average Bonchev–Trinajstić information content (AvgIpc) is 1.84. The first kappa shape index (κ1) is 10.7. The quantitative estimate of drug-likeness (QED) is 0.308. The molecule has 0 fully saturated rings. The molecule has 60 valence electrons. The Hall–Kier alpha value is 0.687. The van der Waals surface area contributed by atoms with Gasteiger partial charge in [0.25, 0.3) is 0 Å². The average molecular weight is 268 g/mol. The van der Waals surface area contributed by atoms with E-state index in [9.17, 15) is 0 Å². The molecular weight excluding hydrogens is 251 g/mol. The third kappa shape index (κ3) is 5.47. The van der Waals surface area contributed by atoms with Crippen molar-refractivity contribution in [3.8, 4) is 0 Å². The zero-order valence-corrected chi connectivity index (χ0v) is 10.1. The van der Waals surface area contributed by atoms with Crippen LogP contribution in [0.2, 0.25) is 25.2 Å². The molecule has 0 aliphatic carbocycles. The summed E-state index contributed by atoms with van der Waals surface area (Å²) in [5, 5.41) is 0. The van der Waals surface area contributed by atoms with Crippen molar-refractivity contribution in [2.24, 2.45) is 0 Å². The van der Waals surface area contributed by atoms with Crippen molar-refractivity contribution in [1.29, 1.82) is 0 Å². The maximum Gasteiger partial charge on any atom is 0.0511 e. The van der Waals surface area contributed by atoms with Gasteiger partial charge in [0, 0.05) is 0 Å². The Morgan fingerprint density at radius 1 is 1.50 bits per heavy atom. The van der Waals surface area contributed by atoms with Crippen LogP contribution in [0.1, 0.15) is 6.42 Å². The number of rotatable bonds is 5. The second-order valence-electron chi connectivity index (χ2n) is 3.45. The van der Waals surface area contributed by atoms with Crippen LogP contribution in [0, 0.1) is 0 Å². The van der Waals surface area contributed by atoms with Crippen LogP contribution in [0.25, 0.3) is 0 Å². The van der Waals surface area contributed by atoms with E-state index >= 15 is 0 Å². The minimum atomic E-state index is -0.847. The fourth-order valence-corrected chi connectivity index (χ4v) is 4.26. The van der Waals surface area contributed by atoms with Crippen molar-refractivity contribution in [3.63, 3.8) is 0 Å². The molecule has 0 saturated heterocycles. The highest BCUT2D eigenvalue weighted by Crippen LogP contribution is 2.17. The number of allylic oxidation sites excluding steroid dienone is 1. The zero-order valence-electron chi connectivity index (χ0n) is 6.99. The minimum absolute atomic E-state index is 0.847. The van der Waals surface area contributed by atoms with Crippen LogP contribution in [-0.4, -0.2) is 12.5 Å². The predicted molar refractivity (Wildman–Crippen MR) is 60.8 cm³/mol. The summed E-state index contributed by atoms with van der Waals surface area (Å²) in [5.74, 6) is 0. The standard InChI is InChI=1S/C8H17ISi/c1-4-7-10(2,3)8-5-6-9/h4H,1,5-8H2,2-3H3. The Kier molecular flexibility index (Phi) is 5.72. The molecule has 10 heavy (non-hydrogen) atoms. The molecular formula is C8H17ISi. The number of alkyl halides is 1. The molecule has 0 atom stereocenters. The van der Waals surface area contributed by atoms with Gasteiger partial charge in [0.15, 0.2) is 0 Å². The van der Waals surface area contributed by atoms with Crippen LogP contribution in [0.5, 0.6) is 0 Å². The first-order valence-corrected chi connectivity index (χ1v) is 8.73. The van der Waals surface area contributed by atoms with Gasteiger partial charge in [-0.15, -0.1) is 6.58 Å². The van der Waals surface area contributed by atoms with Crippen LogP contribution < -0.4 is 0 Å². The van der Waals surface area contributed by atoms with E-state index in [0.717, 1.165) is 0 Å². The zero-order chi connectivity index (χ0) is 8.04. The van der Waals surface area contributed by atoms with Gasteiger partial charge in [-0.2, -0.15) is 0 Å².